The Balaban J connectivity index is 1.59. The van der Waals surface area contributed by atoms with Gasteiger partial charge in [-0.2, -0.15) is 0 Å². The summed E-state index contributed by atoms with van der Waals surface area (Å²) in [5.41, 5.74) is 1.90. The minimum atomic E-state index is -0.657. The molecule has 1 aromatic heterocycles. The molecule has 0 bridgehead atoms. The second-order valence-electron chi connectivity index (χ2n) is 7.22. The number of hydrogen-bond acceptors (Lipinski definition) is 6. The molecule has 1 amide bonds. The molecule has 0 aliphatic heterocycles. The predicted molar refractivity (Wildman–Crippen MR) is 121 cm³/mol. The second kappa shape index (κ2) is 11.0. The molecule has 3 aromatic rings. The average Bonchev–Trinajstić information content (AvgIpc) is 2.83. The van der Waals surface area contributed by atoms with Crippen LogP contribution in [0.1, 0.15) is 31.0 Å². The third-order valence-electron chi connectivity index (χ3n) is 4.93. The molecule has 2 atom stereocenters. The highest BCUT2D eigenvalue weighted by molar-refractivity contribution is 5.81. The minimum absolute atomic E-state index is 0.217. The van der Waals surface area contributed by atoms with Gasteiger partial charge in [0.2, 0.25) is 0 Å². The summed E-state index contributed by atoms with van der Waals surface area (Å²) >= 11 is 0. The van der Waals surface area contributed by atoms with Crippen LogP contribution in [0.4, 0.5) is 0 Å². The van der Waals surface area contributed by atoms with Gasteiger partial charge in [0.15, 0.2) is 17.6 Å². The molecule has 168 valence electrons. The van der Waals surface area contributed by atoms with Crippen molar-refractivity contribution in [2.75, 3.05) is 14.2 Å². The van der Waals surface area contributed by atoms with E-state index in [1.54, 1.807) is 57.8 Å². The van der Waals surface area contributed by atoms with Crippen molar-refractivity contribution in [1.29, 1.82) is 0 Å². The van der Waals surface area contributed by atoms with Crippen LogP contribution >= 0.6 is 0 Å². The molecule has 32 heavy (non-hydrogen) atoms. The van der Waals surface area contributed by atoms with E-state index < -0.39 is 6.10 Å². The lowest BCUT2D eigenvalue weighted by Crippen LogP contribution is -2.37. The number of aromatic nitrogens is 1. The first-order valence-electron chi connectivity index (χ1n) is 10.3. The first-order chi connectivity index (χ1) is 15.5. The molecule has 0 saturated carbocycles. The molecular formula is C25H28N2O5. The fourth-order valence-electron chi connectivity index (χ4n) is 3.04. The van der Waals surface area contributed by atoms with Gasteiger partial charge in [0.1, 0.15) is 18.1 Å². The third kappa shape index (κ3) is 6.14. The molecule has 0 radical (unpaired) electrons. The molecular weight excluding hydrogens is 408 g/mol. The second-order valence-corrected chi connectivity index (χ2v) is 7.22. The summed E-state index contributed by atoms with van der Waals surface area (Å²) in [6, 6.07) is 16.3. The summed E-state index contributed by atoms with van der Waals surface area (Å²) < 4.78 is 22.2. The van der Waals surface area contributed by atoms with Crippen LogP contribution in [0.2, 0.25) is 0 Å². The molecule has 0 aliphatic rings. The fraction of sp³-hybridized carbons (Fsp3) is 0.280. The first kappa shape index (κ1) is 22.9. The third-order valence-corrected chi connectivity index (χ3v) is 4.93. The van der Waals surface area contributed by atoms with Gasteiger partial charge in [0.25, 0.3) is 5.91 Å². The smallest absolute Gasteiger partial charge is 0.261 e. The molecule has 0 saturated heterocycles. The van der Waals surface area contributed by atoms with Crippen molar-refractivity contribution in [3.8, 4) is 23.0 Å². The predicted octanol–water partition coefficient (Wildman–Crippen LogP) is 4.32. The fourth-order valence-corrected chi connectivity index (χ4v) is 3.04. The molecule has 0 aliphatic carbocycles. The summed E-state index contributed by atoms with van der Waals surface area (Å²) in [5.74, 6) is 2.33. The number of benzene rings is 2. The highest BCUT2D eigenvalue weighted by Crippen LogP contribution is 2.31. The maximum absolute atomic E-state index is 12.6. The Bertz CT molecular complexity index is 1010. The number of pyridine rings is 1. The van der Waals surface area contributed by atoms with Crippen molar-refractivity contribution < 1.29 is 23.7 Å². The van der Waals surface area contributed by atoms with Crippen molar-refractivity contribution in [1.82, 2.24) is 10.3 Å². The van der Waals surface area contributed by atoms with Crippen LogP contribution in [0, 0.1) is 0 Å². The molecule has 2 unspecified atom stereocenters. The average molecular weight is 437 g/mol. The highest BCUT2D eigenvalue weighted by atomic mass is 16.5. The lowest BCUT2D eigenvalue weighted by molar-refractivity contribution is -0.127. The van der Waals surface area contributed by atoms with E-state index in [9.17, 15) is 4.79 Å². The zero-order valence-corrected chi connectivity index (χ0v) is 18.7. The zero-order chi connectivity index (χ0) is 22.9. The first-order valence-corrected chi connectivity index (χ1v) is 10.3. The summed E-state index contributed by atoms with van der Waals surface area (Å²) in [5, 5.41) is 2.98. The topological polar surface area (TPSA) is 78.9 Å². The molecule has 0 spiro atoms. The zero-order valence-electron chi connectivity index (χ0n) is 18.7. The van der Waals surface area contributed by atoms with Crippen LogP contribution < -0.4 is 24.3 Å². The van der Waals surface area contributed by atoms with Gasteiger partial charge >= 0.3 is 0 Å². The monoisotopic (exact) mass is 436 g/mol. The maximum Gasteiger partial charge on any atom is 0.261 e. The number of ether oxygens (including phenoxy) is 4. The van der Waals surface area contributed by atoms with Crippen LogP contribution in [-0.4, -0.2) is 31.2 Å². The Morgan fingerprint density at radius 1 is 0.906 bits per heavy atom. The standard InChI is InChI=1S/C25H28N2O5/c1-17(27-25(28)18(2)32-22-8-6-21(29-3)7-9-22)20-5-10-23(24(15-20)30-4)31-16-19-11-13-26-14-12-19/h5-15,17-18H,16H2,1-4H3,(H,27,28). The number of carbonyl (C=O) groups is 1. The Labute approximate surface area is 188 Å². The highest BCUT2D eigenvalue weighted by Gasteiger charge is 2.19. The Morgan fingerprint density at radius 2 is 1.59 bits per heavy atom. The van der Waals surface area contributed by atoms with Gasteiger partial charge in [0.05, 0.1) is 20.3 Å². The van der Waals surface area contributed by atoms with Gasteiger partial charge in [-0.05, 0) is 73.5 Å². The number of nitrogens with one attached hydrogen (secondary N) is 1. The van der Waals surface area contributed by atoms with Crippen LogP contribution in [0.5, 0.6) is 23.0 Å². The number of amides is 1. The van der Waals surface area contributed by atoms with E-state index in [2.05, 4.69) is 10.3 Å². The summed E-state index contributed by atoms with van der Waals surface area (Å²) in [7, 11) is 3.19. The van der Waals surface area contributed by atoms with Gasteiger partial charge in [-0.1, -0.05) is 6.07 Å². The Morgan fingerprint density at radius 3 is 2.25 bits per heavy atom. The van der Waals surface area contributed by atoms with E-state index in [0.717, 1.165) is 16.9 Å². The maximum atomic E-state index is 12.6. The largest absolute Gasteiger partial charge is 0.497 e. The number of carbonyl (C=O) groups excluding carboxylic acids is 1. The summed E-state index contributed by atoms with van der Waals surface area (Å²) in [6.45, 7) is 4.03. The van der Waals surface area contributed by atoms with E-state index in [4.69, 9.17) is 18.9 Å². The molecule has 2 aromatic carbocycles. The van der Waals surface area contributed by atoms with Crippen LogP contribution in [-0.2, 0) is 11.4 Å². The van der Waals surface area contributed by atoms with E-state index in [1.807, 2.05) is 37.3 Å². The van der Waals surface area contributed by atoms with Gasteiger partial charge in [0, 0.05) is 12.4 Å². The number of methoxy groups -OCH3 is 2. The van der Waals surface area contributed by atoms with Crippen molar-refractivity contribution >= 4 is 5.91 Å². The Kier molecular flexibility index (Phi) is 7.91. The lowest BCUT2D eigenvalue weighted by Gasteiger charge is -2.20. The van der Waals surface area contributed by atoms with Gasteiger partial charge in [-0.3, -0.25) is 9.78 Å². The quantitative estimate of drug-likeness (QED) is 0.510. The number of rotatable bonds is 10. The molecule has 3 rings (SSSR count). The van der Waals surface area contributed by atoms with Crippen molar-refractivity contribution in [3.63, 3.8) is 0 Å². The van der Waals surface area contributed by atoms with E-state index in [1.165, 1.54) is 0 Å². The molecule has 0 fully saturated rings. The van der Waals surface area contributed by atoms with Gasteiger partial charge in [-0.15, -0.1) is 0 Å². The molecule has 7 nitrogen and oxygen atoms in total. The van der Waals surface area contributed by atoms with Crippen LogP contribution in [0.3, 0.4) is 0 Å². The van der Waals surface area contributed by atoms with Crippen LogP contribution in [0.25, 0.3) is 0 Å². The summed E-state index contributed by atoms with van der Waals surface area (Å²) in [4.78, 5) is 16.6. The van der Waals surface area contributed by atoms with E-state index in [-0.39, 0.29) is 11.9 Å². The van der Waals surface area contributed by atoms with Crippen molar-refractivity contribution in [2.45, 2.75) is 32.6 Å². The van der Waals surface area contributed by atoms with E-state index >= 15 is 0 Å². The number of hydrogen-bond donors (Lipinski definition) is 1. The summed E-state index contributed by atoms with van der Waals surface area (Å²) in [6.07, 6.45) is 2.79. The van der Waals surface area contributed by atoms with E-state index in [0.29, 0.717) is 23.9 Å². The van der Waals surface area contributed by atoms with Crippen molar-refractivity contribution in [2.24, 2.45) is 0 Å². The molecule has 1 heterocycles. The molecule has 1 N–H and O–H groups in total. The van der Waals surface area contributed by atoms with Gasteiger partial charge in [-0.25, -0.2) is 0 Å². The van der Waals surface area contributed by atoms with Gasteiger partial charge < -0.3 is 24.3 Å². The van der Waals surface area contributed by atoms with Crippen LogP contribution in [0.15, 0.2) is 67.0 Å². The lowest BCUT2D eigenvalue weighted by atomic mass is 10.1. The minimum Gasteiger partial charge on any atom is -0.497 e. The SMILES string of the molecule is COc1ccc(OC(C)C(=O)NC(C)c2ccc(OCc3ccncc3)c(OC)c2)cc1. The Hall–Kier alpha value is -3.74. The number of nitrogens with zero attached hydrogens (tertiary/aromatic N) is 1. The normalized spacial score (nSPS) is 12.4. The molecule has 7 heteroatoms. The van der Waals surface area contributed by atoms with Crippen molar-refractivity contribution in [3.05, 3.63) is 78.1 Å².